The van der Waals surface area contributed by atoms with Crippen LogP contribution in [-0.4, -0.2) is 44.8 Å². The highest BCUT2D eigenvalue weighted by Gasteiger charge is 2.41. The monoisotopic (exact) mass is 271 g/mol. The van der Waals surface area contributed by atoms with Crippen LogP contribution in [0.15, 0.2) is 11.8 Å². The molecule has 3 nitrogen and oxygen atoms in total. The molecule has 1 aliphatic rings. The third-order valence-corrected chi connectivity index (χ3v) is 2.42. The van der Waals surface area contributed by atoms with Crippen LogP contribution in [0.2, 0.25) is 0 Å². The molecule has 0 bridgehead atoms. The van der Waals surface area contributed by atoms with Crippen LogP contribution in [0.5, 0.6) is 0 Å². The molecular formula is C11H17F4NO2. The first-order valence-electron chi connectivity index (χ1n) is 5.77. The largest absolute Gasteiger partial charge is 0.496 e. The van der Waals surface area contributed by atoms with Gasteiger partial charge in [0.2, 0.25) is 0 Å². The molecule has 1 heterocycles. The van der Waals surface area contributed by atoms with Crippen molar-refractivity contribution in [1.82, 2.24) is 5.32 Å². The predicted octanol–water partition coefficient (Wildman–Crippen LogP) is 2.19. The molecule has 1 N–H and O–H groups in total. The fourth-order valence-electron chi connectivity index (χ4n) is 1.54. The zero-order chi connectivity index (χ0) is 13.6. The summed E-state index contributed by atoms with van der Waals surface area (Å²) in [5.41, 5.74) is 0. The Morgan fingerprint density at radius 2 is 2.22 bits per heavy atom. The van der Waals surface area contributed by atoms with Gasteiger partial charge in [-0.15, -0.1) is 0 Å². The van der Waals surface area contributed by atoms with Crippen molar-refractivity contribution in [2.45, 2.75) is 31.7 Å². The summed E-state index contributed by atoms with van der Waals surface area (Å²) in [6.45, 7) is 1.57. The zero-order valence-corrected chi connectivity index (χ0v) is 10.1. The summed E-state index contributed by atoms with van der Waals surface area (Å²) < 4.78 is 59.0. The highest BCUT2D eigenvalue weighted by atomic mass is 19.3. The number of likely N-dealkylation sites (N-methyl/N-ethyl adjacent to an activating group) is 1. The molecule has 0 aromatic heterocycles. The SMILES string of the molecule is CCNC(COCC(F)(F)C(F)F)C1=CCCO1. The number of alkyl halides is 4. The normalized spacial score (nSPS) is 17.8. The summed E-state index contributed by atoms with van der Waals surface area (Å²) in [7, 11) is 0. The van der Waals surface area contributed by atoms with E-state index < -0.39 is 19.0 Å². The van der Waals surface area contributed by atoms with E-state index in [-0.39, 0.29) is 12.6 Å². The average molecular weight is 271 g/mol. The van der Waals surface area contributed by atoms with Crippen LogP contribution in [0, 0.1) is 0 Å². The average Bonchev–Trinajstić information content (AvgIpc) is 2.80. The second kappa shape index (κ2) is 6.94. The van der Waals surface area contributed by atoms with E-state index in [1.54, 1.807) is 0 Å². The lowest BCUT2D eigenvalue weighted by molar-refractivity contribution is -0.166. The Balaban J connectivity index is 2.38. The van der Waals surface area contributed by atoms with Crippen LogP contribution in [-0.2, 0) is 9.47 Å². The number of nitrogens with one attached hydrogen (secondary N) is 1. The van der Waals surface area contributed by atoms with Crippen molar-refractivity contribution in [3.8, 4) is 0 Å². The van der Waals surface area contributed by atoms with Gasteiger partial charge in [-0.1, -0.05) is 6.92 Å². The molecule has 0 spiro atoms. The maximum Gasteiger partial charge on any atom is 0.330 e. The fourth-order valence-corrected chi connectivity index (χ4v) is 1.54. The van der Waals surface area contributed by atoms with Gasteiger partial charge < -0.3 is 14.8 Å². The van der Waals surface area contributed by atoms with Crippen LogP contribution in [0.25, 0.3) is 0 Å². The van der Waals surface area contributed by atoms with Gasteiger partial charge in [0.1, 0.15) is 12.4 Å². The molecule has 1 rings (SSSR count). The van der Waals surface area contributed by atoms with Crippen molar-refractivity contribution >= 4 is 0 Å². The van der Waals surface area contributed by atoms with Crippen LogP contribution in [0.1, 0.15) is 13.3 Å². The fraction of sp³-hybridized carbons (Fsp3) is 0.818. The minimum absolute atomic E-state index is 0.123. The first kappa shape index (κ1) is 15.2. The van der Waals surface area contributed by atoms with Gasteiger partial charge in [0.25, 0.3) is 0 Å². The Kier molecular flexibility index (Phi) is 5.87. The highest BCUT2D eigenvalue weighted by Crippen LogP contribution is 2.23. The molecule has 0 saturated heterocycles. The molecule has 1 atom stereocenters. The molecule has 0 amide bonds. The van der Waals surface area contributed by atoms with Crippen molar-refractivity contribution in [1.29, 1.82) is 0 Å². The lowest BCUT2D eigenvalue weighted by Gasteiger charge is -2.21. The van der Waals surface area contributed by atoms with Gasteiger partial charge in [-0.3, -0.25) is 0 Å². The second-order valence-electron chi connectivity index (χ2n) is 3.93. The van der Waals surface area contributed by atoms with Crippen LogP contribution >= 0.6 is 0 Å². The Morgan fingerprint density at radius 3 is 2.72 bits per heavy atom. The van der Waals surface area contributed by atoms with E-state index in [9.17, 15) is 17.6 Å². The molecule has 0 aromatic carbocycles. The van der Waals surface area contributed by atoms with Crippen molar-refractivity contribution < 1.29 is 27.0 Å². The molecule has 106 valence electrons. The van der Waals surface area contributed by atoms with E-state index in [0.29, 0.717) is 18.9 Å². The maximum atomic E-state index is 12.6. The quantitative estimate of drug-likeness (QED) is 0.686. The first-order chi connectivity index (χ1) is 8.47. The molecule has 0 radical (unpaired) electrons. The summed E-state index contributed by atoms with van der Waals surface area (Å²) in [4.78, 5) is 0. The summed E-state index contributed by atoms with van der Waals surface area (Å²) in [5, 5.41) is 2.99. The van der Waals surface area contributed by atoms with Crippen molar-refractivity contribution in [3.63, 3.8) is 0 Å². The van der Waals surface area contributed by atoms with E-state index >= 15 is 0 Å². The number of hydrogen-bond acceptors (Lipinski definition) is 3. The molecular weight excluding hydrogens is 254 g/mol. The van der Waals surface area contributed by atoms with E-state index in [0.717, 1.165) is 6.42 Å². The van der Waals surface area contributed by atoms with Gasteiger partial charge in [0, 0.05) is 6.42 Å². The van der Waals surface area contributed by atoms with E-state index in [1.807, 2.05) is 13.0 Å². The Bertz CT molecular complexity index is 284. The van der Waals surface area contributed by atoms with Crippen molar-refractivity contribution in [2.24, 2.45) is 0 Å². The third-order valence-electron chi connectivity index (χ3n) is 2.42. The van der Waals surface area contributed by atoms with E-state index in [2.05, 4.69) is 10.1 Å². The van der Waals surface area contributed by atoms with E-state index in [1.165, 1.54) is 0 Å². The molecule has 18 heavy (non-hydrogen) atoms. The maximum absolute atomic E-state index is 12.6. The molecule has 0 fully saturated rings. The van der Waals surface area contributed by atoms with Gasteiger partial charge in [-0.25, -0.2) is 8.78 Å². The van der Waals surface area contributed by atoms with Gasteiger partial charge in [-0.05, 0) is 12.6 Å². The third kappa shape index (κ3) is 4.45. The number of hydrogen-bond donors (Lipinski definition) is 1. The second-order valence-corrected chi connectivity index (χ2v) is 3.93. The van der Waals surface area contributed by atoms with Gasteiger partial charge in [0.05, 0.1) is 19.3 Å². The Labute approximate surface area is 103 Å². The molecule has 1 unspecified atom stereocenters. The van der Waals surface area contributed by atoms with Crippen LogP contribution in [0.4, 0.5) is 17.6 Å². The lowest BCUT2D eigenvalue weighted by Crippen LogP contribution is -2.39. The van der Waals surface area contributed by atoms with Crippen LogP contribution < -0.4 is 5.32 Å². The van der Waals surface area contributed by atoms with E-state index in [4.69, 9.17) is 4.74 Å². The molecule has 7 heteroatoms. The topological polar surface area (TPSA) is 30.5 Å². The summed E-state index contributed by atoms with van der Waals surface area (Å²) in [6.07, 6.45) is -1.12. The van der Waals surface area contributed by atoms with Crippen molar-refractivity contribution in [3.05, 3.63) is 11.8 Å². The Morgan fingerprint density at radius 1 is 1.50 bits per heavy atom. The standard InChI is InChI=1S/C11H17F4NO2/c1-2-16-8(9-4-3-5-18-9)6-17-7-11(14,15)10(12)13/h4,8,10,16H,2-3,5-7H2,1H3. The predicted molar refractivity (Wildman–Crippen MR) is 57.9 cm³/mol. The lowest BCUT2D eigenvalue weighted by atomic mass is 10.2. The van der Waals surface area contributed by atoms with Crippen molar-refractivity contribution in [2.75, 3.05) is 26.4 Å². The Hall–Kier alpha value is -0.820. The summed E-state index contributed by atoms with van der Waals surface area (Å²) in [5.74, 6) is -3.49. The molecule has 1 aliphatic heterocycles. The van der Waals surface area contributed by atoms with Gasteiger partial charge in [0.15, 0.2) is 0 Å². The number of ether oxygens (including phenoxy) is 2. The summed E-state index contributed by atoms with van der Waals surface area (Å²) in [6, 6.07) is -0.369. The van der Waals surface area contributed by atoms with Crippen LogP contribution in [0.3, 0.4) is 0 Å². The molecule has 0 aromatic rings. The molecule has 0 saturated carbocycles. The first-order valence-corrected chi connectivity index (χ1v) is 5.77. The number of halogens is 4. The minimum Gasteiger partial charge on any atom is -0.496 e. The smallest absolute Gasteiger partial charge is 0.330 e. The number of rotatable bonds is 8. The minimum atomic E-state index is -4.11. The van der Waals surface area contributed by atoms with Gasteiger partial charge in [-0.2, -0.15) is 8.78 Å². The van der Waals surface area contributed by atoms with Gasteiger partial charge >= 0.3 is 12.3 Å². The molecule has 0 aliphatic carbocycles. The summed E-state index contributed by atoms with van der Waals surface area (Å²) >= 11 is 0. The zero-order valence-electron chi connectivity index (χ0n) is 10.1. The highest BCUT2D eigenvalue weighted by molar-refractivity contribution is 5.07.